The molecule has 3 fully saturated rings. The predicted octanol–water partition coefficient (Wildman–Crippen LogP) is 9.41. The fraction of sp³-hybridized carbons (Fsp3) is 0.564. The van der Waals surface area contributed by atoms with Crippen LogP contribution in [0.2, 0.25) is 0 Å². The number of ether oxygens (including phenoxy) is 5. The van der Waals surface area contributed by atoms with Crippen molar-refractivity contribution < 1.29 is 42.9 Å². The molecule has 9 rings (SSSR count). The van der Waals surface area contributed by atoms with Gasteiger partial charge in [-0.1, -0.05) is 45.4 Å². The standard InChI is InChI=1S/C55H72N8O9/c1-11-27(2)16-43(59-52(64)47(61-54(66)68-9)36-18-29(4)71-30(5)19-36)50-56-25-44(58-50)35-12-14-39-38(22-35)26-70-46-24-40-34(23-41(39)46)13-15-42-49(40)60-51(57-42)45-17-28(3)33(8)63(45)53(65)48(62-55(67)69-10)37-20-31(6)72-32(7)21-37/h12-15,22-25,27-33,36-37,43,45,47-48H,11,16-21,26H2,1-10H3,(H,56,58)(H,57,60)(H,59,64)(H,61,66)(H,62,67). The van der Waals surface area contributed by atoms with E-state index in [1.165, 1.54) is 14.2 Å². The van der Waals surface area contributed by atoms with E-state index in [1.54, 1.807) is 6.20 Å². The van der Waals surface area contributed by atoms with E-state index < -0.39 is 30.3 Å². The van der Waals surface area contributed by atoms with Crippen molar-refractivity contribution in [2.75, 3.05) is 14.2 Å². The van der Waals surface area contributed by atoms with E-state index in [9.17, 15) is 19.2 Å². The van der Waals surface area contributed by atoms with Gasteiger partial charge in [-0.25, -0.2) is 19.6 Å². The molecule has 4 aliphatic rings. The van der Waals surface area contributed by atoms with Gasteiger partial charge >= 0.3 is 12.2 Å². The monoisotopic (exact) mass is 989 g/mol. The van der Waals surface area contributed by atoms with Gasteiger partial charge in [0, 0.05) is 17.0 Å². The second-order valence-electron chi connectivity index (χ2n) is 21.2. The van der Waals surface area contributed by atoms with Crippen molar-refractivity contribution in [3.05, 3.63) is 65.9 Å². The summed E-state index contributed by atoms with van der Waals surface area (Å²) in [4.78, 5) is 73.3. The maximum Gasteiger partial charge on any atom is 0.407 e. The number of aromatic amines is 2. The number of likely N-dealkylation sites (tertiary alicyclic amines) is 1. The number of rotatable bonds is 13. The highest BCUT2D eigenvalue weighted by molar-refractivity contribution is 6.07. The van der Waals surface area contributed by atoms with E-state index in [0.29, 0.717) is 50.4 Å². The third-order valence-corrected chi connectivity index (χ3v) is 15.9. The zero-order valence-corrected chi connectivity index (χ0v) is 43.3. The van der Waals surface area contributed by atoms with Gasteiger partial charge in [-0.2, -0.15) is 0 Å². The molecule has 0 bridgehead atoms. The normalized spacial score (nSPS) is 26.6. The Labute approximate surface area is 421 Å². The first-order chi connectivity index (χ1) is 34.5. The van der Waals surface area contributed by atoms with Crippen LogP contribution in [-0.4, -0.2) is 106 Å². The van der Waals surface area contributed by atoms with Gasteiger partial charge in [0.15, 0.2) is 0 Å². The number of hydrogen-bond acceptors (Lipinski definition) is 11. The molecule has 0 spiro atoms. The molecule has 72 heavy (non-hydrogen) atoms. The minimum atomic E-state index is -0.801. The summed E-state index contributed by atoms with van der Waals surface area (Å²) in [5, 5.41) is 10.9. The van der Waals surface area contributed by atoms with Gasteiger partial charge in [-0.15, -0.1) is 0 Å². The van der Waals surface area contributed by atoms with Gasteiger partial charge in [-0.05, 0) is 143 Å². The largest absolute Gasteiger partial charge is 0.488 e. The summed E-state index contributed by atoms with van der Waals surface area (Å²) in [6.07, 6.45) is 5.18. The Bertz CT molecular complexity index is 2790. The maximum absolute atomic E-state index is 14.8. The number of methoxy groups -OCH3 is 2. The number of carbonyl (C=O) groups is 4. The Hall–Kier alpha value is -6.20. The number of fused-ring (bicyclic) bond motifs is 6. The lowest BCUT2D eigenvalue weighted by Crippen LogP contribution is -2.55. The number of alkyl carbamates (subject to hydrolysis) is 2. The molecule has 386 valence electrons. The molecule has 0 saturated carbocycles. The molecule has 5 aromatic rings. The Kier molecular flexibility index (Phi) is 14.9. The Balaban J connectivity index is 0.964. The van der Waals surface area contributed by atoms with E-state index >= 15 is 0 Å². The van der Waals surface area contributed by atoms with Crippen molar-refractivity contribution >= 4 is 45.8 Å². The lowest BCUT2D eigenvalue weighted by molar-refractivity contribution is -0.140. The lowest BCUT2D eigenvalue weighted by Gasteiger charge is -2.39. The Morgan fingerprint density at radius 3 is 2.10 bits per heavy atom. The molecule has 5 N–H and O–H groups in total. The van der Waals surface area contributed by atoms with Crippen molar-refractivity contribution in [3.8, 4) is 28.1 Å². The SMILES string of the molecule is CCC(C)CC(NC(=O)C(NC(=O)OC)C1CC(C)OC(C)C1)c1ncc(-c2ccc3c(c2)COc2cc4c(ccc5[nH]c(C6CC(C)C(C)N6C(=O)C(NC(=O)OC)C6CC(C)OC(C)C6)nc54)cc2-3)[nH]1. The number of benzene rings is 3. The van der Waals surface area contributed by atoms with Crippen molar-refractivity contribution in [3.63, 3.8) is 0 Å². The van der Waals surface area contributed by atoms with Crippen molar-refractivity contribution in [2.45, 2.75) is 162 Å². The van der Waals surface area contributed by atoms with Crippen LogP contribution in [-0.2, 0) is 35.1 Å². The summed E-state index contributed by atoms with van der Waals surface area (Å²) in [5.74, 6) is 1.91. The molecule has 11 atom stereocenters. The van der Waals surface area contributed by atoms with Crippen LogP contribution in [0.5, 0.6) is 5.75 Å². The van der Waals surface area contributed by atoms with Crippen LogP contribution in [0.15, 0.2) is 48.7 Å². The zero-order chi connectivity index (χ0) is 51.1. The van der Waals surface area contributed by atoms with Crippen LogP contribution in [0, 0.1) is 23.7 Å². The molecule has 0 aliphatic carbocycles. The average molecular weight is 989 g/mol. The van der Waals surface area contributed by atoms with Crippen LogP contribution < -0.4 is 20.7 Å². The molecule has 3 saturated heterocycles. The average Bonchev–Trinajstić information content (AvgIpc) is 4.10. The molecule has 3 aromatic carbocycles. The molecular formula is C55H72N8O9. The van der Waals surface area contributed by atoms with Gasteiger partial charge in [0.2, 0.25) is 11.8 Å². The highest BCUT2D eigenvalue weighted by atomic mass is 16.5. The molecule has 2 aromatic heterocycles. The van der Waals surface area contributed by atoms with Gasteiger partial charge < -0.3 is 54.5 Å². The highest BCUT2D eigenvalue weighted by Gasteiger charge is 2.47. The topological polar surface area (TPSA) is 211 Å². The third kappa shape index (κ3) is 10.4. The minimum absolute atomic E-state index is 0.0447. The highest BCUT2D eigenvalue weighted by Crippen LogP contribution is 2.45. The fourth-order valence-corrected chi connectivity index (χ4v) is 11.9. The number of nitrogens with one attached hydrogen (secondary N) is 5. The molecule has 17 heteroatoms. The van der Waals surface area contributed by atoms with E-state index in [0.717, 1.165) is 68.3 Å². The summed E-state index contributed by atoms with van der Waals surface area (Å²) >= 11 is 0. The molecule has 0 radical (unpaired) electrons. The number of hydrogen-bond donors (Lipinski definition) is 5. The second kappa shape index (κ2) is 21.1. The van der Waals surface area contributed by atoms with Gasteiger partial charge in [0.25, 0.3) is 0 Å². The van der Waals surface area contributed by atoms with Crippen molar-refractivity contribution in [1.29, 1.82) is 0 Å². The molecule has 4 amide bonds. The lowest BCUT2D eigenvalue weighted by atomic mass is 9.85. The smallest absolute Gasteiger partial charge is 0.407 e. The Morgan fingerprint density at radius 2 is 1.44 bits per heavy atom. The summed E-state index contributed by atoms with van der Waals surface area (Å²) in [6, 6.07) is 12.3. The van der Waals surface area contributed by atoms with Gasteiger partial charge in [0.05, 0.1) is 73.6 Å². The molecule has 4 aliphatic heterocycles. The fourth-order valence-electron chi connectivity index (χ4n) is 11.9. The van der Waals surface area contributed by atoms with Crippen LogP contribution >= 0.6 is 0 Å². The molecule has 6 heterocycles. The third-order valence-electron chi connectivity index (χ3n) is 15.9. The number of H-pyrrole nitrogens is 2. The number of amides is 4. The molecule has 11 unspecified atom stereocenters. The predicted molar refractivity (Wildman–Crippen MR) is 273 cm³/mol. The summed E-state index contributed by atoms with van der Waals surface area (Å²) in [7, 11) is 2.62. The van der Waals surface area contributed by atoms with E-state index in [4.69, 9.17) is 33.7 Å². The summed E-state index contributed by atoms with van der Waals surface area (Å²) in [6.45, 7) is 16.9. The van der Waals surface area contributed by atoms with Crippen molar-refractivity contribution in [1.82, 2.24) is 40.8 Å². The number of aromatic nitrogens is 4. The van der Waals surface area contributed by atoms with Crippen molar-refractivity contribution in [2.24, 2.45) is 23.7 Å². The first-order valence-corrected chi connectivity index (χ1v) is 25.9. The van der Waals surface area contributed by atoms with E-state index in [2.05, 4.69) is 90.0 Å². The van der Waals surface area contributed by atoms with Gasteiger partial charge in [0.1, 0.15) is 36.1 Å². The first kappa shape index (κ1) is 50.7. The van der Waals surface area contributed by atoms with Crippen LogP contribution in [0.1, 0.15) is 130 Å². The molecular weight excluding hydrogens is 917 g/mol. The second-order valence-corrected chi connectivity index (χ2v) is 21.2. The van der Waals surface area contributed by atoms with Crippen LogP contribution in [0.4, 0.5) is 9.59 Å². The minimum Gasteiger partial charge on any atom is -0.488 e. The van der Waals surface area contributed by atoms with Crippen LogP contribution in [0.25, 0.3) is 44.2 Å². The number of nitrogens with zero attached hydrogens (tertiary/aromatic N) is 3. The van der Waals surface area contributed by atoms with Crippen LogP contribution in [0.3, 0.4) is 0 Å². The number of carbonyl (C=O) groups excluding carboxylic acids is 4. The molecule has 17 nitrogen and oxygen atoms in total. The number of imidazole rings is 2. The quantitative estimate of drug-likeness (QED) is 0.0750. The first-order valence-electron chi connectivity index (χ1n) is 25.9. The van der Waals surface area contributed by atoms with Gasteiger partial charge in [-0.3, -0.25) is 9.59 Å². The Morgan fingerprint density at radius 1 is 0.792 bits per heavy atom. The summed E-state index contributed by atoms with van der Waals surface area (Å²) < 4.78 is 28.5. The van der Waals surface area contributed by atoms with E-state index in [1.807, 2.05) is 38.7 Å². The maximum atomic E-state index is 14.8. The summed E-state index contributed by atoms with van der Waals surface area (Å²) in [5.41, 5.74) is 6.47. The van der Waals surface area contributed by atoms with E-state index in [-0.39, 0.29) is 72.0 Å². The zero-order valence-electron chi connectivity index (χ0n) is 43.3.